The highest BCUT2D eigenvalue weighted by atomic mass is 16.5. The number of fused-ring (bicyclic) bond motifs is 3. The number of hydrogen-bond donors (Lipinski definition) is 0. The van der Waals surface area contributed by atoms with Crippen molar-refractivity contribution in [2.75, 3.05) is 0 Å². The molecule has 0 radical (unpaired) electrons. The molecular formula is C44H30O. The minimum Gasteiger partial charge on any atom is -0.464 e. The maximum absolute atomic E-state index is 6.27. The Bertz CT molecular complexity index is 2230. The van der Waals surface area contributed by atoms with Gasteiger partial charge in [-0.15, -0.1) is 0 Å². The number of allylic oxidation sites excluding steroid dienone is 4. The third-order valence-corrected chi connectivity index (χ3v) is 8.73. The van der Waals surface area contributed by atoms with E-state index in [0.717, 1.165) is 33.6 Å². The SMILES string of the molecule is C=C1/C(c2cccc(-c3ccccc3)c2)=C\C=C/Oc2cccc(-c3c4ccccc4c(-c4ccccc4)c4ccccc34)c21. The molecule has 1 heteroatoms. The molecular weight excluding hydrogens is 544 g/mol. The van der Waals surface area contributed by atoms with E-state index in [1.165, 1.54) is 49.4 Å². The Morgan fingerprint density at radius 2 is 0.956 bits per heavy atom. The summed E-state index contributed by atoms with van der Waals surface area (Å²) in [6.07, 6.45) is 5.84. The molecule has 45 heavy (non-hydrogen) atoms. The first-order valence-corrected chi connectivity index (χ1v) is 15.3. The summed E-state index contributed by atoms with van der Waals surface area (Å²) in [7, 11) is 0. The summed E-state index contributed by atoms with van der Waals surface area (Å²) in [6, 6.07) is 53.8. The molecule has 8 rings (SSSR count). The lowest BCUT2D eigenvalue weighted by atomic mass is 9.82. The van der Waals surface area contributed by atoms with E-state index in [2.05, 4.69) is 152 Å². The Balaban J connectivity index is 1.38. The molecule has 0 fully saturated rings. The average molecular weight is 575 g/mol. The molecule has 0 amide bonds. The van der Waals surface area contributed by atoms with Gasteiger partial charge in [0.2, 0.25) is 0 Å². The molecule has 0 unspecified atom stereocenters. The zero-order valence-corrected chi connectivity index (χ0v) is 24.8. The highest BCUT2D eigenvalue weighted by molar-refractivity contribution is 6.23. The minimum absolute atomic E-state index is 0.791. The van der Waals surface area contributed by atoms with Crippen LogP contribution in [0.3, 0.4) is 0 Å². The standard InChI is InChI=1S/C44H30O/c1-30-35(34-20-12-19-33(29-34)31-15-4-2-5-16-31)26-14-28-45-41-27-13-25-40(42(30)41)44-38-23-10-8-21-36(38)43(32-17-6-3-7-18-32)37-22-9-11-24-39(37)44/h2-29H,1H2/b28-14-,35-26+. The van der Waals surface area contributed by atoms with E-state index in [4.69, 9.17) is 11.3 Å². The molecule has 0 aliphatic carbocycles. The van der Waals surface area contributed by atoms with Crippen LogP contribution in [0.15, 0.2) is 177 Å². The van der Waals surface area contributed by atoms with E-state index in [0.29, 0.717) is 0 Å². The largest absolute Gasteiger partial charge is 0.464 e. The van der Waals surface area contributed by atoms with Crippen molar-refractivity contribution in [3.8, 4) is 39.1 Å². The lowest BCUT2D eigenvalue weighted by molar-refractivity contribution is 0.480. The van der Waals surface area contributed by atoms with Gasteiger partial charge in [-0.05, 0) is 89.8 Å². The second-order valence-electron chi connectivity index (χ2n) is 11.3. The zero-order valence-electron chi connectivity index (χ0n) is 24.8. The van der Waals surface area contributed by atoms with Gasteiger partial charge in [-0.25, -0.2) is 0 Å². The second-order valence-corrected chi connectivity index (χ2v) is 11.3. The molecule has 7 aromatic carbocycles. The van der Waals surface area contributed by atoms with Crippen molar-refractivity contribution in [3.63, 3.8) is 0 Å². The summed E-state index contributed by atoms with van der Waals surface area (Å²) in [5, 5.41) is 4.84. The van der Waals surface area contributed by atoms with Gasteiger partial charge in [0.15, 0.2) is 0 Å². The van der Waals surface area contributed by atoms with Crippen LogP contribution in [0.25, 0.3) is 66.1 Å². The highest BCUT2D eigenvalue weighted by Crippen LogP contribution is 2.48. The van der Waals surface area contributed by atoms with E-state index >= 15 is 0 Å². The summed E-state index contributed by atoms with van der Waals surface area (Å²) in [5.41, 5.74) is 11.2. The Kier molecular flexibility index (Phi) is 6.70. The van der Waals surface area contributed by atoms with Gasteiger partial charge >= 0.3 is 0 Å². The Hall–Kier alpha value is -5.92. The predicted molar refractivity (Wildman–Crippen MR) is 191 cm³/mol. The molecule has 1 aliphatic heterocycles. The van der Waals surface area contributed by atoms with Crippen LogP contribution in [0.5, 0.6) is 5.75 Å². The molecule has 0 bridgehead atoms. The van der Waals surface area contributed by atoms with Crippen LogP contribution < -0.4 is 4.74 Å². The molecule has 0 saturated heterocycles. The lowest BCUT2D eigenvalue weighted by Gasteiger charge is -2.23. The summed E-state index contributed by atoms with van der Waals surface area (Å²) >= 11 is 0. The van der Waals surface area contributed by atoms with E-state index in [1.807, 2.05) is 12.1 Å². The van der Waals surface area contributed by atoms with Gasteiger partial charge in [-0.1, -0.05) is 152 Å². The van der Waals surface area contributed by atoms with Gasteiger partial charge in [0, 0.05) is 5.56 Å². The van der Waals surface area contributed by atoms with Gasteiger partial charge in [0.25, 0.3) is 0 Å². The van der Waals surface area contributed by atoms with Gasteiger partial charge in [-0.2, -0.15) is 0 Å². The zero-order chi connectivity index (χ0) is 30.2. The van der Waals surface area contributed by atoms with Gasteiger partial charge in [0.1, 0.15) is 5.75 Å². The minimum atomic E-state index is 0.791. The molecule has 1 nitrogen and oxygen atoms in total. The van der Waals surface area contributed by atoms with Crippen LogP contribution in [0, 0.1) is 0 Å². The van der Waals surface area contributed by atoms with Crippen LogP contribution in [-0.4, -0.2) is 0 Å². The quantitative estimate of drug-likeness (QED) is 0.190. The maximum atomic E-state index is 6.27. The van der Waals surface area contributed by atoms with E-state index in [9.17, 15) is 0 Å². The number of benzene rings is 7. The molecule has 0 saturated carbocycles. The van der Waals surface area contributed by atoms with E-state index < -0.39 is 0 Å². The van der Waals surface area contributed by atoms with Crippen molar-refractivity contribution in [1.82, 2.24) is 0 Å². The summed E-state index contributed by atoms with van der Waals surface area (Å²) in [4.78, 5) is 0. The first-order chi connectivity index (χ1) is 22.3. The number of ether oxygens (including phenoxy) is 1. The molecule has 0 atom stereocenters. The first kappa shape index (κ1) is 26.7. The lowest BCUT2D eigenvalue weighted by Crippen LogP contribution is -2.00. The van der Waals surface area contributed by atoms with Crippen LogP contribution in [0.4, 0.5) is 0 Å². The predicted octanol–water partition coefficient (Wildman–Crippen LogP) is 12.0. The molecule has 212 valence electrons. The topological polar surface area (TPSA) is 9.23 Å². The fraction of sp³-hybridized carbons (Fsp3) is 0. The smallest absolute Gasteiger partial charge is 0.134 e. The molecule has 0 N–H and O–H groups in total. The molecule has 7 aromatic rings. The second kappa shape index (κ2) is 11.3. The molecule has 0 aromatic heterocycles. The summed E-state index contributed by atoms with van der Waals surface area (Å²) in [5.74, 6) is 0.791. The van der Waals surface area contributed by atoms with E-state index in [1.54, 1.807) is 6.26 Å². The monoisotopic (exact) mass is 574 g/mol. The van der Waals surface area contributed by atoms with Crippen LogP contribution in [-0.2, 0) is 0 Å². The van der Waals surface area contributed by atoms with Gasteiger partial charge < -0.3 is 4.74 Å². The van der Waals surface area contributed by atoms with Crippen molar-refractivity contribution in [2.45, 2.75) is 0 Å². The van der Waals surface area contributed by atoms with Crippen molar-refractivity contribution in [2.24, 2.45) is 0 Å². The first-order valence-electron chi connectivity index (χ1n) is 15.3. The molecule has 0 spiro atoms. The van der Waals surface area contributed by atoms with Crippen LogP contribution >= 0.6 is 0 Å². The molecule has 1 heterocycles. The van der Waals surface area contributed by atoms with E-state index in [-0.39, 0.29) is 0 Å². The Labute approximate surface area is 263 Å². The fourth-order valence-electron chi connectivity index (χ4n) is 6.73. The van der Waals surface area contributed by atoms with Crippen molar-refractivity contribution in [3.05, 3.63) is 188 Å². The van der Waals surface area contributed by atoms with Crippen molar-refractivity contribution >= 4 is 32.7 Å². The fourth-order valence-corrected chi connectivity index (χ4v) is 6.73. The van der Waals surface area contributed by atoms with Crippen molar-refractivity contribution < 1.29 is 4.74 Å². The third kappa shape index (κ3) is 4.67. The number of hydrogen-bond acceptors (Lipinski definition) is 1. The molecule has 1 aliphatic rings. The summed E-state index contributed by atoms with van der Waals surface area (Å²) in [6.45, 7) is 4.75. The van der Waals surface area contributed by atoms with Gasteiger partial charge in [-0.3, -0.25) is 0 Å². The number of rotatable bonds is 4. The maximum Gasteiger partial charge on any atom is 0.134 e. The van der Waals surface area contributed by atoms with Crippen LogP contribution in [0.2, 0.25) is 0 Å². The highest BCUT2D eigenvalue weighted by Gasteiger charge is 2.23. The Morgan fingerprint density at radius 3 is 1.62 bits per heavy atom. The average Bonchev–Trinajstić information content (AvgIpc) is 3.10. The summed E-state index contributed by atoms with van der Waals surface area (Å²) < 4.78 is 6.27. The van der Waals surface area contributed by atoms with Crippen molar-refractivity contribution in [1.29, 1.82) is 0 Å². The van der Waals surface area contributed by atoms with Gasteiger partial charge in [0.05, 0.1) is 6.26 Å². The third-order valence-electron chi connectivity index (χ3n) is 8.73. The Morgan fingerprint density at radius 1 is 0.422 bits per heavy atom. The normalized spacial score (nSPS) is 14.6. The van der Waals surface area contributed by atoms with Crippen LogP contribution in [0.1, 0.15) is 11.1 Å².